The Bertz CT molecular complexity index is 64.3. The predicted octanol–water partition coefficient (Wildman–Crippen LogP) is 2.03. The largest absolute Gasteiger partial charge is 0.309 e. The molecule has 0 aromatic carbocycles. The van der Waals surface area contributed by atoms with Crippen molar-refractivity contribution < 1.29 is 0 Å². The molecule has 0 rings (SSSR count). The first-order valence-electron chi connectivity index (χ1n) is 4.06. The van der Waals surface area contributed by atoms with Gasteiger partial charge in [-0.1, -0.05) is 6.42 Å². The average Bonchev–Trinajstić information content (AvgIpc) is 1.87. The fourth-order valence-corrected chi connectivity index (χ4v) is 1.51. The molecule has 0 saturated carbocycles. The SMILES string of the molecule is CPCCCCCN(C)C. The number of hydrogen-bond donors (Lipinski definition) is 0. The van der Waals surface area contributed by atoms with E-state index in [9.17, 15) is 0 Å². The van der Waals surface area contributed by atoms with Crippen LogP contribution in [0.4, 0.5) is 0 Å². The standard InChI is InChI=1S/C8H20NP/c1-9(2)7-5-4-6-8-10-3/h10H,4-8H2,1-3H3. The predicted molar refractivity (Wildman–Crippen MR) is 51.5 cm³/mol. The zero-order valence-electron chi connectivity index (χ0n) is 7.48. The number of unbranched alkanes of at least 4 members (excludes halogenated alkanes) is 2. The van der Waals surface area contributed by atoms with Crippen LogP contribution in [0.15, 0.2) is 0 Å². The minimum Gasteiger partial charge on any atom is -0.309 e. The van der Waals surface area contributed by atoms with Gasteiger partial charge in [-0.2, -0.15) is 0 Å². The van der Waals surface area contributed by atoms with Crippen molar-refractivity contribution in [1.29, 1.82) is 0 Å². The lowest BCUT2D eigenvalue weighted by molar-refractivity contribution is 0.393. The summed E-state index contributed by atoms with van der Waals surface area (Å²) in [5.74, 6) is 0. The van der Waals surface area contributed by atoms with Gasteiger partial charge in [-0.3, -0.25) is 0 Å². The first kappa shape index (κ1) is 10.4. The molecule has 0 bridgehead atoms. The summed E-state index contributed by atoms with van der Waals surface area (Å²) in [6.07, 6.45) is 5.66. The Morgan fingerprint density at radius 1 is 1.10 bits per heavy atom. The van der Waals surface area contributed by atoms with Crippen molar-refractivity contribution in [3.8, 4) is 0 Å². The summed E-state index contributed by atoms with van der Waals surface area (Å²) in [5.41, 5.74) is 0. The summed E-state index contributed by atoms with van der Waals surface area (Å²) in [7, 11) is 5.43. The van der Waals surface area contributed by atoms with Gasteiger partial charge in [0, 0.05) is 0 Å². The molecular formula is C8H20NP. The highest BCUT2D eigenvalue weighted by Crippen LogP contribution is 2.07. The van der Waals surface area contributed by atoms with Gasteiger partial charge < -0.3 is 4.90 Å². The highest BCUT2D eigenvalue weighted by molar-refractivity contribution is 7.36. The zero-order valence-corrected chi connectivity index (χ0v) is 8.48. The number of rotatable bonds is 6. The van der Waals surface area contributed by atoms with E-state index in [4.69, 9.17) is 0 Å². The summed E-state index contributed by atoms with van der Waals surface area (Å²) in [4.78, 5) is 2.26. The molecule has 0 aliphatic rings. The number of nitrogens with zero attached hydrogens (tertiary/aromatic N) is 1. The van der Waals surface area contributed by atoms with Gasteiger partial charge >= 0.3 is 0 Å². The third-order valence-corrected chi connectivity index (χ3v) is 2.39. The van der Waals surface area contributed by atoms with E-state index in [1.54, 1.807) is 0 Å². The fourth-order valence-electron chi connectivity index (χ4n) is 0.907. The first-order valence-corrected chi connectivity index (χ1v) is 5.77. The van der Waals surface area contributed by atoms with E-state index in [2.05, 4.69) is 25.7 Å². The Hall–Kier alpha value is 0.390. The molecule has 0 fully saturated rings. The van der Waals surface area contributed by atoms with Gasteiger partial charge in [0.2, 0.25) is 0 Å². The van der Waals surface area contributed by atoms with E-state index in [0.29, 0.717) is 0 Å². The van der Waals surface area contributed by atoms with Gasteiger partial charge in [-0.05, 0) is 46.3 Å². The second kappa shape index (κ2) is 7.50. The molecular weight excluding hydrogens is 141 g/mol. The summed E-state index contributed by atoms with van der Waals surface area (Å²) >= 11 is 0. The van der Waals surface area contributed by atoms with Gasteiger partial charge in [-0.15, -0.1) is 8.58 Å². The van der Waals surface area contributed by atoms with Crippen LogP contribution >= 0.6 is 8.58 Å². The van der Waals surface area contributed by atoms with Crippen LogP contribution in [-0.4, -0.2) is 38.4 Å². The Labute approximate surface area is 67.0 Å². The minimum atomic E-state index is 1.15. The molecule has 0 N–H and O–H groups in total. The first-order chi connectivity index (χ1) is 4.77. The van der Waals surface area contributed by atoms with Crippen LogP contribution in [0.3, 0.4) is 0 Å². The van der Waals surface area contributed by atoms with Gasteiger partial charge in [-0.25, -0.2) is 0 Å². The lowest BCUT2D eigenvalue weighted by atomic mass is 10.2. The molecule has 0 heterocycles. The third kappa shape index (κ3) is 8.39. The molecule has 1 unspecified atom stereocenters. The smallest absolute Gasteiger partial charge is 0.00248 e. The summed E-state index contributed by atoms with van der Waals surface area (Å²) in [5, 5.41) is 0. The third-order valence-electron chi connectivity index (χ3n) is 1.53. The second-order valence-electron chi connectivity index (χ2n) is 2.97. The van der Waals surface area contributed by atoms with Crippen LogP contribution in [0.2, 0.25) is 0 Å². The van der Waals surface area contributed by atoms with E-state index < -0.39 is 0 Å². The lowest BCUT2D eigenvalue weighted by Crippen LogP contribution is -2.12. The van der Waals surface area contributed by atoms with Crippen LogP contribution in [0.25, 0.3) is 0 Å². The van der Waals surface area contributed by atoms with Crippen molar-refractivity contribution in [1.82, 2.24) is 4.90 Å². The Balaban J connectivity index is 2.77. The van der Waals surface area contributed by atoms with Gasteiger partial charge in [0.05, 0.1) is 0 Å². The molecule has 10 heavy (non-hydrogen) atoms. The molecule has 1 nitrogen and oxygen atoms in total. The van der Waals surface area contributed by atoms with Crippen molar-refractivity contribution in [3.63, 3.8) is 0 Å². The van der Waals surface area contributed by atoms with Crippen molar-refractivity contribution in [2.24, 2.45) is 0 Å². The molecule has 0 radical (unpaired) electrons. The van der Waals surface area contributed by atoms with Gasteiger partial charge in [0.1, 0.15) is 0 Å². The molecule has 0 amide bonds. The fraction of sp³-hybridized carbons (Fsp3) is 1.00. The van der Waals surface area contributed by atoms with Crippen LogP contribution in [0.5, 0.6) is 0 Å². The van der Waals surface area contributed by atoms with Gasteiger partial charge in [0.25, 0.3) is 0 Å². The summed E-state index contributed by atoms with van der Waals surface area (Å²) in [6.45, 7) is 3.54. The monoisotopic (exact) mass is 161 g/mol. The summed E-state index contributed by atoms with van der Waals surface area (Å²) < 4.78 is 0. The molecule has 0 aromatic rings. The molecule has 0 saturated heterocycles. The summed E-state index contributed by atoms with van der Waals surface area (Å²) in [6, 6.07) is 0. The quantitative estimate of drug-likeness (QED) is 0.425. The molecule has 2 heteroatoms. The van der Waals surface area contributed by atoms with Crippen LogP contribution < -0.4 is 0 Å². The maximum atomic E-state index is 2.28. The Morgan fingerprint density at radius 3 is 2.30 bits per heavy atom. The maximum Gasteiger partial charge on any atom is -0.00248 e. The molecule has 0 aliphatic heterocycles. The molecule has 1 atom stereocenters. The van der Waals surface area contributed by atoms with Crippen LogP contribution in [-0.2, 0) is 0 Å². The molecule has 0 aliphatic carbocycles. The Kier molecular flexibility index (Phi) is 7.79. The zero-order chi connectivity index (χ0) is 7.82. The normalized spacial score (nSPS) is 12.0. The van der Waals surface area contributed by atoms with Gasteiger partial charge in [0.15, 0.2) is 0 Å². The van der Waals surface area contributed by atoms with Crippen molar-refractivity contribution in [3.05, 3.63) is 0 Å². The van der Waals surface area contributed by atoms with Crippen molar-refractivity contribution in [2.45, 2.75) is 19.3 Å². The minimum absolute atomic E-state index is 1.15. The highest BCUT2D eigenvalue weighted by atomic mass is 31.1. The van der Waals surface area contributed by atoms with E-state index in [0.717, 1.165) is 8.58 Å². The topological polar surface area (TPSA) is 3.24 Å². The van der Waals surface area contributed by atoms with E-state index in [1.165, 1.54) is 32.0 Å². The molecule has 0 aromatic heterocycles. The molecule has 62 valence electrons. The average molecular weight is 161 g/mol. The number of hydrogen-bond acceptors (Lipinski definition) is 1. The molecule has 0 spiro atoms. The van der Waals surface area contributed by atoms with E-state index >= 15 is 0 Å². The van der Waals surface area contributed by atoms with E-state index in [-0.39, 0.29) is 0 Å². The van der Waals surface area contributed by atoms with Crippen LogP contribution in [0.1, 0.15) is 19.3 Å². The second-order valence-corrected chi connectivity index (χ2v) is 4.17. The van der Waals surface area contributed by atoms with Crippen molar-refractivity contribution in [2.75, 3.05) is 33.5 Å². The maximum absolute atomic E-state index is 2.28. The Morgan fingerprint density at radius 2 is 1.80 bits per heavy atom. The lowest BCUT2D eigenvalue weighted by Gasteiger charge is -2.07. The van der Waals surface area contributed by atoms with Crippen molar-refractivity contribution >= 4 is 8.58 Å². The van der Waals surface area contributed by atoms with E-state index in [1.807, 2.05) is 0 Å². The highest BCUT2D eigenvalue weighted by Gasteiger charge is 1.89. The van der Waals surface area contributed by atoms with Crippen LogP contribution in [0, 0.1) is 0 Å².